The summed E-state index contributed by atoms with van der Waals surface area (Å²) in [6, 6.07) is 14.1. The van der Waals surface area contributed by atoms with Gasteiger partial charge in [0, 0.05) is 43.5 Å². The van der Waals surface area contributed by atoms with E-state index in [0.717, 1.165) is 4.31 Å². The number of rotatable bonds is 8. The Balaban J connectivity index is 0.00000442. The van der Waals surface area contributed by atoms with Gasteiger partial charge in [-0.3, -0.25) is 4.79 Å². The molecule has 0 bridgehead atoms. The number of phenolic OH excluding ortho intramolecular Hbond substituents is 1. The molecule has 2 aliphatic rings. The van der Waals surface area contributed by atoms with Crippen LogP contribution in [0.1, 0.15) is 36.1 Å². The predicted octanol–water partition coefficient (Wildman–Crippen LogP) is 3.84. The highest BCUT2D eigenvalue weighted by Crippen LogP contribution is 2.49. The maximum Gasteiger partial charge on any atom is 0.415 e. The molecule has 0 aliphatic carbocycles. The molecule has 0 radical (unpaired) electrons. The van der Waals surface area contributed by atoms with E-state index in [-0.39, 0.29) is 62.6 Å². The molecule has 2 heterocycles. The van der Waals surface area contributed by atoms with E-state index in [2.05, 4.69) is 0 Å². The van der Waals surface area contributed by atoms with Crippen LogP contribution in [0.15, 0.2) is 66.7 Å². The Morgan fingerprint density at radius 2 is 1.57 bits per heavy atom. The monoisotopic (exact) mass is 634 g/mol. The van der Waals surface area contributed by atoms with Crippen molar-refractivity contribution < 1.29 is 46.3 Å². The first-order valence-corrected chi connectivity index (χ1v) is 14.8. The third kappa shape index (κ3) is 6.97. The first-order chi connectivity index (χ1) is 20.4. The second kappa shape index (κ2) is 13.2. The minimum absolute atomic E-state index is 0. The van der Waals surface area contributed by atoms with Gasteiger partial charge in [0.1, 0.15) is 23.1 Å². The highest BCUT2D eigenvalue weighted by Gasteiger charge is 2.49. The Morgan fingerprint density at radius 1 is 0.977 bits per heavy atom. The van der Waals surface area contributed by atoms with Crippen LogP contribution in [0, 0.1) is 17.6 Å². The largest absolute Gasteiger partial charge is 0.735 e. The third-order valence-corrected chi connectivity index (χ3v) is 8.66. The quantitative estimate of drug-likeness (QED) is 0.246. The van der Waals surface area contributed by atoms with E-state index in [1.165, 1.54) is 76.5 Å². The fourth-order valence-electron chi connectivity index (χ4n) is 5.36. The van der Waals surface area contributed by atoms with Crippen molar-refractivity contribution in [3.8, 4) is 11.5 Å². The minimum Gasteiger partial charge on any atom is -0.735 e. The number of aliphatic hydroxyl groups is 1. The van der Waals surface area contributed by atoms with Crippen LogP contribution >= 0.6 is 0 Å². The number of hydrogen-bond acceptors (Lipinski definition) is 8. The number of amides is 2. The summed E-state index contributed by atoms with van der Waals surface area (Å²) in [6.07, 6.45) is -1.36. The molecule has 2 saturated heterocycles. The molecule has 5 rings (SSSR count). The molecule has 15 heteroatoms. The highest BCUT2D eigenvalue weighted by atomic mass is 32.2. The molecule has 0 unspecified atom stereocenters. The molecule has 3 atom stereocenters. The lowest BCUT2D eigenvalue weighted by Crippen LogP contribution is -2.55. The lowest BCUT2D eigenvalue weighted by molar-refractivity contribution is -0.131. The summed E-state index contributed by atoms with van der Waals surface area (Å²) in [5.41, 5.74) is 1.23. The molecule has 0 saturated carbocycles. The summed E-state index contributed by atoms with van der Waals surface area (Å²) in [7, 11) is -4.61. The molecular formula is C29H32F2N4O8S. The molecular weight excluding hydrogens is 602 g/mol. The van der Waals surface area contributed by atoms with Gasteiger partial charge < -0.3 is 35.5 Å². The molecule has 6 N–H and O–H groups in total. The number of benzene rings is 3. The number of carbonyl (C=O) groups is 2. The lowest BCUT2D eigenvalue weighted by Gasteiger charge is -2.48. The van der Waals surface area contributed by atoms with Gasteiger partial charge in [-0.2, -0.15) is 0 Å². The van der Waals surface area contributed by atoms with Crippen LogP contribution in [0.3, 0.4) is 0 Å². The molecule has 236 valence electrons. The van der Waals surface area contributed by atoms with Gasteiger partial charge in [-0.05, 0) is 66.9 Å². The zero-order valence-electron chi connectivity index (χ0n) is 23.7. The maximum atomic E-state index is 13.6. The van der Waals surface area contributed by atoms with E-state index in [1.807, 2.05) is 0 Å². The van der Waals surface area contributed by atoms with Gasteiger partial charge in [-0.1, -0.05) is 12.1 Å². The van der Waals surface area contributed by atoms with Crippen molar-refractivity contribution >= 4 is 28.0 Å². The van der Waals surface area contributed by atoms with Gasteiger partial charge in [0.25, 0.3) is 0 Å². The summed E-state index contributed by atoms with van der Waals surface area (Å²) in [5, 5.41) is 21.6. The van der Waals surface area contributed by atoms with Crippen LogP contribution in [0.4, 0.5) is 19.3 Å². The zero-order valence-corrected chi connectivity index (χ0v) is 24.5. The first kappa shape index (κ1) is 32.8. The van der Waals surface area contributed by atoms with Crippen molar-refractivity contribution in [1.82, 2.24) is 15.4 Å². The number of piperazine rings is 1. The van der Waals surface area contributed by atoms with E-state index < -0.39 is 46.1 Å². The van der Waals surface area contributed by atoms with Crippen molar-refractivity contribution in [2.24, 2.45) is 5.92 Å². The molecule has 44 heavy (non-hydrogen) atoms. The molecule has 3 aromatic carbocycles. The number of aliphatic hydroxyl groups excluding tert-OH is 1. The first-order valence-electron chi connectivity index (χ1n) is 13.4. The summed E-state index contributed by atoms with van der Waals surface area (Å²) in [6.45, 7) is -0.437. The fraction of sp³-hybridized carbons (Fsp3) is 0.310. The number of nitrogens with zero attached hydrogens (tertiary/aromatic N) is 3. The Hall–Kier alpha value is -4.15. The van der Waals surface area contributed by atoms with Crippen LogP contribution in [-0.4, -0.2) is 70.6 Å². The van der Waals surface area contributed by atoms with Gasteiger partial charge >= 0.3 is 6.09 Å². The van der Waals surface area contributed by atoms with Gasteiger partial charge in [-0.15, -0.1) is 0 Å². The second-order valence-electron chi connectivity index (χ2n) is 10.3. The molecule has 3 aromatic rings. The van der Waals surface area contributed by atoms with Gasteiger partial charge in [0.2, 0.25) is 5.91 Å². The number of β-lactam (4-membered cyclic amide) rings is 1. The number of quaternary nitrogens is 1. The number of anilines is 1. The predicted molar refractivity (Wildman–Crippen MR) is 154 cm³/mol. The summed E-state index contributed by atoms with van der Waals surface area (Å²) < 4.78 is 66.5. The van der Waals surface area contributed by atoms with Crippen molar-refractivity contribution in [2.45, 2.75) is 25.0 Å². The van der Waals surface area contributed by atoms with E-state index in [0.29, 0.717) is 16.8 Å². The number of carbonyl (C=O) groups excluding carboxylic acids is 2. The van der Waals surface area contributed by atoms with E-state index in [9.17, 15) is 41.6 Å². The average Bonchev–Trinajstić information content (AvgIpc) is 2.97. The number of ether oxygens (including phenoxy) is 1. The summed E-state index contributed by atoms with van der Waals surface area (Å²) >= 11 is 0. The number of halogens is 2. The molecule has 2 aliphatic heterocycles. The smallest absolute Gasteiger partial charge is 0.415 e. The van der Waals surface area contributed by atoms with Crippen molar-refractivity contribution in [3.63, 3.8) is 0 Å². The van der Waals surface area contributed by atoms with Gasteiger partial charge in [0.15, 0.2) is 10.3 Å². The van der Waals surface area contributed by atoms with Crippen molar-refractivity contribution in [1.29, 1.82) is 0 Å². The highest BCUT2D eigenvalue weighted by molar-refractivity contribution is 7.83. The van der Waals surface area contributed by atoms with Crippen LogP contribution in [-0.2, 0) is 15.1 Å². The normalized spacial score (nSPS) is 19.6. The summed E-state index contributed by atoms with van der Waals surface area (Å²) in [4.78, 5) is 28.6. The molecule has 0 spiro atoms. The number of hydrogen-bond donors (Lipinski definition) is 3. The van der Waals surface area contributed by atoms with Gasteiger partial charge in [0.05, 0.1) is 18.1 Å². The second-order valence-corrected chi connectivity index (χ2v) is 11.7. The topological polar surface area (TPSA) is 187 Å². The van der Waals surface area contributed by atoms with Gasteiger partial charge in [-0.25, -0.2) is 26.3 Å². The standard InChI is InChI=1S/C29H29F2N3O8S.H3N/c30-19-3-1-18(2-4-19)25(35)12-11-24-27(34(28(24)37)21-7-5-20(31)6-8-21)23-10-9-22(17-26(23)36)42-29(38)32-13-15-33(16-14-32)43(39,40)41;/h1-10,17,24-25,27,35-36H,11-16H2,(H,39,40,41);1H3/t24-,25+,27-;/m1./s1. The molecule has 0 aromatic heterocycles. The van der Waals surface area contributed by atoms with Crippen LogP contribution in [0.2, 0.25) is 0 Å². The molecule has 2 amide bonds. The Morgan fingerprint density at radius 3 is 2.14 bits per heavy atom. The molecule has 2 fully saturated rings. The summed E-state index contributed by atoms with van der Waals surface area (Å²) in [5.74, 6) is -2.17. The average molecular weight is 635 g/mol. The Bertz CT molecular complexity index is 1600. The minimum atomic E-state index is -4.61. The SMILES string of the molecule is O=C(Oc1ccc([C@@H]2[C@@H](CC[C@H](O)c3ccc(F)cc3)C(=O)N2c2ccc(F)cc2)c(O)c1)N1CCN(S(=O)(=O)[O-])CC1.[NH4+]. The maximum absolute atomic E-state index is 13.6. The molecule has 12 nitrogen and oxygen atoms in total. The van der Waals surface area contributed by atoms with Crippen molar-refractivity contribution in [3.05, 3.63) is 89.5 Å². The van der Waals surface area contributed by atoms with Crippen LogP contribution in [0.5, 0.6) is 11.5 Å². The lowest BCUT2D eigenvalue weighted by atomic mass is 9.78. The van der Waals surface area contributed by atoms with Crippen LogP contribution in [0.25, 0.3) is 0 Å². The van der Waals surface area contributed by atoms with E-state index in [1.54, 1.807) is 0 Å². The Labute approximate surface area is 252 Å². The third-order valence-electron chi connectivity index (χ3n) is 7.66. The van der Waals surface area contributed by atoms with Crippen LogP contribution < -0.4 is 15.8 Å². The number of phenols is 1. The Kier molecular flexibility index (Phi) is 9.85. The fourth-order valence-corrected chi connectivity index (χ4v) is 5.97. The van der Waals surface area contributed by atoms with Crippen molar-refractivity contribution in [2.75, 3.05) is 31.1 Å². The van der Waals surface area contributed by atoms with E-state index in [4.69, 9.17) is 4.74 Å². The zero-order chi connectivity index (χ0) is 30.9. The number of aromatic hydroxyl groups is 1. The van der Waals surface area contributed by atoms with E-state index >= 15 is 0 Å².